The fourth-order valence-corrected chi connectivity index (χ4v) is 3.71. The molecule has 0 radical (unpaired) electrons. The van der Waals surface area contributed by atoms with E-state index in [4.69, 9.17) is 0 Å². The van der Waals surface area contributed by atoms with E-state index in [1.807, 2.05) is 30.3 Å². The van der Waals surface area contributed by atoms with Crippen molar-refractivity contribution in [1.82, 2.24) is 5.32 Å². The number of benzene rings is 2. The molecule has 3 rings (SSSR count). The van der Waals surface area contributed by atoms with Gasteiger partial charge in [-0.05, 0) is 67.0 Å². The average molecular weight is 307 g/mol. The molecule has 0 saturated heterocycles. The van der Waals surface area contributed by atoms with E-state index in [9.17, 15) is 4.79 Å². The van der Waals surface area contributed by atoms with Gasteiger partial charge in [-0.25, -0.2) is 0 Å². The maximum atomic E-state index is 12.5. The van der Waals surface area contributed by atoms with E-state index in [2.05, 4.69) is 38.2 Å². The summed E-state index contributed by atoms with van der Waals surface area (Å²) < 4.78 is 0. The average Bonchev–Trinajstić information content (AvgIpc) is 2.88. The Morgan fingerprint density at radius 3 is 2.00 bits per heavy atom. The zero-order valence-corrected chi connectivity index (χ0v) is 14.3. The summed E-state index contributed by atoms with van der Waals surface area (Å²) >= 11 is 0. The van der Waals surface area contributed by atoms with Crippen molar-refractivity contribution in [2.45, 2.75) is 52.0 Å². The van der Waals surface area contributed by atoms with Crippen LogP contribution in [0.3, 0.4) is 0 Å². The van der Waals surface area contributed by atoms with Crippen molar-refractivity contribution in [3.63, 3.8) is 0 Å². The van der Waals surface area contributed by atoms with Crippen LogP contribution in [0.4, 0.5) is 0 Å². The number of hydrogen-bond donors (Lipinski definition) is 1. The molecule has 2 nitrogen and oxygen atoms in total. The standard InChI is InChI=1S/C21H25NO/c1-4-15-11-18-13-21(3,14-19(18)12-16(15)5-2)22-20(23)17-9-7-6-8-10-17/h6-12H,4-5,13-14H2,1-3H3,(H,22,23). The number of carbonyl (C=O) groups excluding carboxylic acids is 1. The molecule has 1 aliphatic rings. The van der Waals surface area contributed by atoms with E-state index < -0.39 is 0 Å². The normalized spacial score (nSPS) is 15.3. The molecule has 0 atom stereocenters. The van der Waals surface area contributed by atoms with Crippen molar-refractivity contribution in [2.75, 3.05) is 0 Å². The van der Waals surface area contributed by atoms with Crippen molar-refractivity contribution in [3.05, 3.63) is 70.3 Å². The van der Waals surface area contributed by atoms with Gasteiger partial charge in [-0.3, -0.25) is 4.79 Å². The molecule has 0 aliphatic heterocycles. The van der Waals surface area contributed by atoms with Crippen LogP contribution in [0.15, 0.2) is 42.5 Å². The van der Waals surface area contributed by atoms with E-state index in [-0.39, 0.29) is 11.4 Å². The van der Waals surface area contributed by atoms with Gasteiger partial charge in [0.25, 0.3) is 5.91 Å². The van der Waals surface area contributed by atoms with Crippen LogP contribution in [0, 0.1) is 0 Å². The highest BCUT2D eigenvalue weighted by Gasteiger charge is 2.34. The minimum Gasteiger partial charge on any atom is -0.346 e. The molecule has 2 aromatic rings. The Balaban J connectivity index is 1.81. The van der Waals surface area contributed by atoms with Gasteiger partial charge in [-0.1, -0.05) is 44.2 Å². The van der Waals surface area contributed by atoms with Gasteiger partial charge in [0.05, 0.1) is 0 Å². The summed E-state index contributed by atoms with van der Waals surface area (Å²) in [7, 11) is 0. The van der Waals surface area contributed by atoms with Crippen molar-refractivity contribution in [1.29, 1.82) is 0 Å². The lowest BCUT2D eigenvalue weighted by Gasteiger charge is -2.25. The highest BCUT2D eigenvalue weighted by molar-refractivity contribution is 5.94. The second-order valence-corrected chi connectivity index (χ2v) is 6.83. The van der Waals surface area contributed by atoms with E-state index in [0.29, 0.717) is 0 Å². The first-order valence-electron chi connectivity index (χ1n) is 8.56. The van der Waals surface area contributed by atoms with E-state index >= 15 is 0 Å². The molecule has 2 aromatic carbocycles. The first-order chi connectivity index (χ1) is 11.0. The number of hydrogen-bond acceptors (Lipinski definition) is 1. The molecule has 0 spiro atoms. The van der Waals surface area contributed by atoms with Crippen molar-refractivity contribution in [2.24, 2.45) is 0 Å². The monoisotopic (exact) mass is 307 g/mol. The van der Waals surface area contributed by atoms with Gasteiger partial charge in [0.15, 0.2) is 0 Å². The topological polar surface area (TPSA) is 29.1 Å². The Morgan fingerprint density at radius 2 is 1.52 bits per heavy atom. The van der Waals surface area contributed by atoms with Gasteiger partial charge in [0.1, 0.15) is 0 Å². The molecule has 2 heteroatoms. The smallest absolute Gasteiger partial charge is 0.251 e. The van der Waals surface area contributed by atoms with Gasteiger partial charge in [0.2, 0.25) is 0 Å². The third-order valence-corrected chi connectivity index (χ3v) is 4.90. The summed E-state index contributed by atoms with van der Waals surface area (Å²) in [5, 5.41) is 3.25. The lowest BCUT2D eigenvalue weighted by Crippen LogP contribution is -2.46. The predicted octanol–water partition coefficient (Wildman–Crippen LogP) is 4.10. The number of carbonyl (C=O) groups is 1. The Labute approximate surface area is 138 Å². The maximum Gasteiger partial charge on any atom is 0.251 e. The van der Waals surface area contributed by atoms with Crippen LogP contribution in [-0.4, -0.2) is 11.4 Å². The second-order valence-electron chi connectivity index (χ2n) is 6.83. The first kappa shape index (κ1) is 15.8. The van der Waals surface area contributed by atoms with E-state index in [1.54, 1.807) is 0 Å². The molecular weight excluding hydrogens is 282 g/mol. The molecule has 0 fully saturated rings. The lowest BCUT2D eigenvalue weighted by molar-refractivity contribution is 0.0909. The van der Waals surface area contributed by atoms with Crippen LogP contribution in [-0.2, 0) is 25.7 Å². The molecule has 0 saturated carbocycles. The third kappa shape index (κ3) is 3.17. The fourth-order valence-electron chi connectivity index (χ4n) is 3.71. The van der Waals surface area contributed by atoms with Crippen LogP contribution in [0.5, 0.6) is 0 Å². The Bertz CT molecular complexity index is 685. The summed E-state index contributed by atoms with van der Waals surface area (Å²) in [5.74, 6) is 0.0207. The SMILES string of the molecule is CCc1cc2c(cc1CC)CC(C)(NC(=O)c1ccccc1)C2. The number of rotatable bonds is 4. The molecule has 1 N–H and O–H groups in total. The van der Waals surface area contributed by atoms with E-state index in [0.717, 1.165) is 31.2 Å². The zero-order valence-electron chi connectivity index (χ0n) is 14.3. The number of amides is 1. The van der Waals surface area contributed by atoms with Crippen molar-refractivity contribution < 1.29 is 4.79 Å². The first-order valence-corrected chi connectivity index (χ1v) is 8.56. The predicted molar refractivity (Wildman–Crippen MR) is 94.9 cm³/mol. The Morgan fingerprint density at radius 1 is 1.00 bits per heavy atom. The summed E-state index contributed by atoms with van der Waals surface area (Å²) in [4.78, 5) is 12.5. The van der Waals surface area contributed by atoms with Crippen LogP contribution in [0.2, 0.25) is 0 Å². The van der Waals surface area contributed by atoms with Gasteiger partial charge in [-0.2, -0.15) is 0 Å². The Hall–Kier alpha value is -2.09. The quantitative estimate of drug-likeness (QED) is 0.905. The Kier molecular flexibility index (Phi) is 4.25. The van der Waals surface area contributed by atoms with Gasteiger partial charge >= 0.3 is 0 Å². The number of fused-ring (bicyclic) bond motifs is 1. The summed E-state index contributed by atoms with van der Waals surface area (Å²) in [6, 6.07) is 14.2. The number of nitrogens with one attached hydrogen (secondary N) is 1. The van der Waals surface area contributed by atoms with Crippen LogP contribution in [0.25, 0.3) is 0 Å². The minimum atomic E-state index is -0.188. The van der Waals surface area contributed by atoms with Gasteiger partial charge in [0, 0.05) is 11.1 Å². The van der Waals surface area contributed by atoms with Crippen LogP contribution < -0.4 is 5.32 Å². The highest BCUT2D eigenvalue weighted by Crippen LogP contribution is 2.32. The van der Waals surface area contributed by atoms with Crippen LogP contribution >= 0.6 is 0 Å². The van der Waals surface area contributed by atoms with Gasteiger partial charge in [-0.15, -0.1) is 0 Å². The molecule has 23 heavy (non-hydrogen) atoms. The maximum absolute atomic E-state index is 12.5. The zero-order chi connectivity index (χ0) is 16.4. The van der Waals surface area contributed by atoms with Crippen LogP contribution in [0.1, 0.15) is 53.4 Å². The summed E-state index contributed by atoms with van der Waals surface area (Å²) in [6.07, 6.45) is 3.98. The van der Waals surface area contributed by atoms with Crippen molar-refractivity contribution in [3.8, 4) is 0 Å². The molecular formula is C21H25NO. The largest absolute Gasteiger partial charge is 0.346 e. The molecule has 1 aliphatic carbocycles. The molecule has 0 aromatic heterocycles. The molecule has 0 heterocycles. The number of aryl methyl sites for hydroxylation is 2. The third-order valence-electron chi connectivity index (χ3n) is 4.90. The minimum absolute atomic E-state index is 0.0207. The van der Waals surface area contributed by atoms with Crippen molar-refractivity contribution >= 4 is 5.91 Å². The van der Waals surface area contributed by atoms with Gasteiger partial charge < -0.3 is 5.32 Å². The van der Waals surface area contributed by atoms with E-state index in [1.165, 1.54) is 22.3 Å². The molecule has 120 valence electrons. The second kappa shape index (κ2) is 6.19. The summed E-state index contributed by atoms with van der Waals surface area (Å²) in [6.45, 7) is 6.59. The highest BCUT2D eigenvalue weighted by atomic mass is 16.1. The molecule has 0 bridgehead atoms. The molecule has 1 amide bonds. The molecule has 0 unspecified atom stereocenters. The lowest BCUT2D eigenvalue weighted by atomic mass is 9.97. The fraction of sp³-hybridized carbons (Fsp3) is 0.381. The summed E-state index contributed by atoms with van der Waals surface area (Å²) in [5.41, 5.74) is 6.24.